The van der Waals surface area contributed by atoms with Crippen molar-refractivity contribution in [1.82, 2.24) is 15.0 Å². The van der Waals surface area contributed by atoms with Crippen molar-refractivity contribution in [2.24, 2.45) is 22.9 Å². The monoisotopic (exact) mass is 463 g/mol. The second kappa shape index (κ2) is 10.5. The standard InChI is InChI=1S/C20H33N11.ClH/c1-12-4-2-3-5-17(12)28-29-18-25-19(30-8-13(21)6-14(22)9-30)27-20(26-18)31-10-15(23)7-16(24)11-31;/h2-5,13-16,28H,6-11,21-24H2,1H3,(H,25,26,27,29);1H/t13-,14+,15-,16+;. The van der Waals surface area contributed by atoms with Crippen LogP contribution in [0.15, 0.2) is 24.3 Å². The third-order valence-electron chi connectivity index (χ3n) is 5.66. The summed E-state index contributed by atoms with van der Waals surface area (Å²) in [6, 6.07) is 7.87. The number of hydrogen-bond donors (Lipinski definition) is 6. The Kier molecular flexibility index (Phi) is 7.91. The van der Waals surface area contributed by atoms with Crippen molar-refractivity contribution in [2.75, 3.05) is 46.8 Å². The molecule has 11 nitrogen and oxygen atoms in total. The summed E-state index contributed by atoms with van der Waals surface area (Å²) in [5.74, 6) is 1.48. The zero-order valence-electron chi connectivity index (χ0n) is 18.3. The molecule has 32 heavy (non-hydrogen) atoms. The van der Waals surface area contributed by atoms with E-state index in [0.717, 1.165) is 24.1 Å². The van der Waals surface area contributed by atoms with Gasteiger partial charge in [0, 0.05) is 50.3 Å². The smallest absolute Gasteiger partial charge is 0.248 e. The summed E-state index contributed by atoms with van der Waals surface area (Å²) in [6.45, 7) is 4.59. The second-order valence-corrected chi connectivity index (χ2v) is 8.65. The van der Waals surface area contributed by atoms with Crippen LogP contribution in [0, 0.1) is 6.92 Å². The minimum absolute atomic E-state index is 0. The molecule has 0 saturated carbocycles. The van der Waals surface area contributed by atoms with Gasteiger partial charge in [-0.3, -0.25) is 10.9 Å². The van der Waals surface area contributed by atoms with Crippen LogP contribution in [-0.4, -0.2) is 65.3 Å². The van der Waals surface area contributed by atoms with Crippen molar-refractivity contribution in [2.45, 2.75) is 43.9 Å². The zero-order valence-corrected chi connectivity index (χ0v) is 19.1. The molecule has 0 spiro atoms. The van der Waals surface area contributed by atoms with Gasteiger partial charge >= 0.3 is 0 Å². The van der Waals surface area contributed by atoms with Crippen molar-refractivity contribution < 1.29 is 0 Å². The summed E-state index contributed by atoms with van der Waals surface area (Å²) < 4.78 is 0. The summed E-state index contributed by atoms with van der Waals surface area (Å²) in [5.41, 5.74) is 33.1. The van der Waals surface area contributed by atoms with Gasteiger partial charge < -0.3 is 32.7 Å². The number of nitrogens with two attached hydrogens (primary N) is 4. The van der Waals surface area contributed by atoms with Crippen LogP contribution in [0.1, 0.15) is 18.4 Å². The minimum atomic E-state index is -0.0256. The van der Waals surface area contributed by atoms with Gasteiger partial charge in [-0.2, -0.15) is 15.0 Å². The van der Waals surface area contributed by atoms with Gasteiger partial charge in [0.05, 0.1) is 5.69 Å². The van der Waals surface area contributed by atoms with Crippen molar-refractivity contribution in [3.8, 4) is 0 Å². The van der Waals surface area contributed by atoms with E-state index in [1.54, 1.807) is 0 Å². The van der Waals surface area contributed by atoms with Crippen LogP contribution in [0.4, 0.5) is 23.5 Å². The minimum Gasteiger partial charge on any atom is -0.338 e. The lowest BCUT2D eigenvalue weighted by Crippen LogP contribution is -2.54. The summed E-state index contributed by atoms with van der Waals surface area (Å²) in [4.78, 5) is 18.0. The molecule has 1 aromatic carbocycles. The number of hydrazine groups is 1. The van der Waals surface area contributed by atoms with E-state index in [0.29, 0.717) is 44.0 Å². The fraction of sp³-hybridized carbons (Fsp3) is 0.550. The largest absolute Gasteiger partial charge is 0.338 e. The Balaban J connectivity index is 0.00000289. The van der Waals surface area contributed by atoms with Gasteiger partial charge in [-0.25, -0.2) is 0 Å². The van der Waals surface area contributed by atoms with Crippen LogP contribution in [-0.2, 0) is 0 Å². The number of para-hydroxylation sites is 1. The number of nitrogens with zero attached hydrogens (tertiary/aromatic N) is 5. The van der Waals surface area contributed by atoms with Crippen LogP contribution >= 0.6 is 12.4 Å². The number of aromatic nitrogens is 3. The van der Waals surface area contributed by atoms with Crippen molar-refractivity contribution in [3.05, 3.63) is 29.8 Å². The molecule has 0 unspecified atom stereocenters. The van der Waals surface area contributed by atoms with E-state index in [-0.39, 0.29) is 36.6 Å². The molecule has 2 saturated heterocycles. The van der Waals surface area contributed by atoms with Crippen LogP contribution < -0.4 is 43.6 Å². The highest BCUT2D eigenvalue weighted by atomic mass is 35.5. The molecule has 0 bridgehead atoms. The lowest BCUT2D eigenvalue weighted by molar-refractivity contribution is 0.441. The number of aryl methyl sites for hydroxylation is 1. The quantitative estimate of drug-likeness (QED) is 0.323. The van der Waals surface area contributed by atoms with Crippen molar-refractivity contribution in [1.29, 1.82) is 0 Å². The van der Waals surface area contributed by atoms with Crippen molar-refractivity contribution in [3.63, 3.8) is 0 Å². The molecule has 2 aliphatic heterocycles. The molecule has 4 atom stereocenters. The Bertz CT molecular complexity index is 833. The van der Waals surface area contributed by atoms with Crippen molar-refractivity contribution >= 4 is 35.9 Å². The molecular weight excluding hydrogens is 430 g/mol. The molecule has 2 fully saturated rings. The third kappa shape index (κ3) is 5.87. The molecule has 10 N–H and O–H groups in total. The Hall–Kier alpha value is -2.44. The summed E-state index contributed by atoms with van der Waals surface area (Å²) in [6.07, 6.45) is 1.56. The molecule has 4 rings (SSSR count). The molecule has 0 radical (unpaired) electrons. The lowest BCUT2D eigenvalue weighted by Gasteiger charge is -2.37. The van der Waals surface area contributed by atoms with Gasteiger partial charge in [-0.15, -0.1) is 12.4 Å². The van der Waals surface area contributed by atoms with E-state index in [4.69, 9.17) is 27.9 Å². The number of rotatable bonds is 5. The zero-order chi connectivity index (χ0) is 22.0. The van der Waals surface area contributed by atoms with Gasteiger partial charge in [0.15, 0.2) is 0 Å². The van der Waals surface area contributed by atoms with Crippen LogP contribution in [0.3, 0.4) is 0 Å². The summed E-state index contributed by atoms with van der Waals surface area (Å²) in [5, 5.41) is 0. The first kappa shape index (κ1) is 24.2. The van der Waals surface area contributed by atoms with E-state index < -0.39 is 0 Å². The molecule has 2 aromatic rings. The average molecular weight is 464 g/mol. The normalized spacial score (nSPS) is 25.8. The SMILES string of the molecule is Cc1ccccc1NNc1nc(N2C[C@H](N)C[C@H](N)C2)nc(N2C[C@H](N)C[C@H](N)C2)n1.Cl. The number of anilines is 4. The summed E-state index contributed by atoms with van der Waals surface area (Å²) >= 11 is 0. The van der Waals surface area contributed by atoms with E-state index in [2.05, 4.69) is 20.8 Å². The molecule has 176 valence electrons. The Morgan fingerprint density at radius 2 is 1.22 bits per heavy atom. The molecule has 1 aromatic heterocycles. The highest BCUT2D eigenvalue weighted by Gasteiger charge is 2.28. The molecule has 3 heterocycles. The number of hydrogen-bond acceptors (Lipinski definition) is 11. The maximum atomic E-state index is 6.20. The topological polar surface area (TPSA) is 173 Å². The van der Waals surface area contributed by atoms with Crippen LogP contribution in [0.25, 0.3) is 0 Å². The first-order chi connectivity index (χ1) is 14.9. The van der Waals surface area contributed by atoms with Crippen LogP contribution in [0.2, 0.25) is 0 Å². The lowest BCUT2D eigenvalue weighted by atomic mass is 10.0. The number of piperidine rings is 2. The number of benzene rings is 1. The van der Waals surface area contributed by atoms with Gasteiger partial charge in [0.1, 0.15) is 0 Å². The predicted molar refractivity (Wildman–Crippen MR) is 131 cm³/mol. The Labute approximate surface area is 194 Å². The molecule has 2 aliphatic rings. The average Bonchev–Trinajstić information content (AvgIpc) is 2.71. The Morgan fingerprint density at radius 1 is 0.750 bits per heavy atom. The Morgan fingerprint density at radius 3 is 1.69 bits per heavy atom. The van der Waals surface area contributed by atoms with E-state index in [1.165, 1.54) is 0 Å². The second-order valence-electron chi connectivity index (χ2n) is 8.65. The maximum absolute atomic E-state index is 6.20. The first-order valence-corrected chi connectivity index (χ1v) is 10.7. The molecule has 12 heteroatoms. The van der Waals surface area contributed by atoms with E-state index in [9.17, 15) is 0 Å². The third-order valence-corrected chi connectivity index (χ3v) is 5.66. The maximum Gasteiger partial charge on any atom is 0.248 e. The molecular formula is C20H34ClN11. The number of nitrogens with one attached hydrogen (secondary N) is 2. The van der Waals surface area contributed by atoms with Gasteiger partial charge in [-0.1, -0.05) is 18.2 Å². The highest BCUT2D eigenvalue weighted by molar-refractivity contribution is 5.85. The van der Waals surface area contributed by atoms with E-state index in [1.807, 2.05) is 41.0 Å². The highest BCUT2D eigenvalue weighted by Crippen LogP contribution is 2.22. The molecule has 0 aliphatic carbocycles. The van der Waals surface area contributed by atoms with E-state index >= 15 is 0 Å². The van der Waals surface area contributed by atoms with Gasteiger partial charge in [-0.05, 0) is 31.4 Å². The van der Waals surface area contributed by atoms with Gasteiger partial charge in [0.25, 0.3) is 0 Å². The summed E-state index contributed by atoms with van der Waals surface area (Å²) in [7, 11) is 0. The fourth-order valence-corrected chi connectivity index (χ4v) is 4.21. The van der Waals surface area contributed by atoms with Gasteiger partial charge in [0.2, 0.25) is 17.8 Å². The number of halogens is 1. The van der Waals surface area contributed by atoms with Crippen LogP contribution in [0.5, 0.6) is 0 Å². The molecule has 0 amide bonds. The fourth-order valence-electron chi connectivity index (χ4n) is 4.21. The predicted octanol–water partition coefficient (Wildman–Crippen LogP) is -0.230. The first-order valence-electron chi connectivity index (χ1n) is 10.7.